The summed E-state index contributed by atoms with van der Waals surface area (Å²) in [6.07, 6.45) is 3.91. The monoisotopic (exact) mass is 216 g/mol. The number of nitrogens with zero attached hydrogens (tertiary/aromatic N) is 1. The van der Waals surface area contributed by atoms with Crippen LogP contribution in [-0.4, -0.2) is 18.9 Å². The molecule has 0 aromatic rings. The van der Waals surface area contributed by atoms with Crippen molar-refractivity contribution in [1.29, 1.82) is 5.26 Å². The van der Waals surface area contributed by atoms with Crippen molar-refractivity contribution in [2.24, 2.45) is 10.8 Å². The van der Waals surface area contributed by atoms with Gasteiger partial charge in [0, 0.05) is 18.5 Å². The molecular formula is C13H16N2O. The SMILES string of the molecule is CC1(C)C(=O)C(C#N)=C[C@]2(C)CNCC=C12. The Morgan fingerprint density at radius 3 is 2.75 bits per heavy atom. The van der Waals surface area contributed by atoms with Crippen LogP contribution in [0, 0.1) is 22.2 Å². The normalized spacial score (nSPS) is 32.2. The summed E-state index contributed by atoms with van der Waals surface area (Å²) in [7, 11) is 0. The molecule has 3 nitrogen and oxygen atoms in total. The van der Waals surface area contributed by atoms with Crippen LogP contribution < -0.4 is 5.32 Å². The lowest BCUT2D eigenvalue weighted by Gasteiger charge is -2.44. The van der Waals surface area contributed by atoms with E-state index in [4.69, 9.17) is 5.26 Å². The Labute approximate surface area is 95.8 Å². The highest BCUT2D eigenvalue weighted by Gasteiger charge is 2.47. The fourth-order valence-electron chi connectivity index (χ4n) is 2.86. The highest BCUT2D eigenvalue weighted by Crippen LogP contribution is 2.47. The van der Waals surface area contributed by atoms with Gasteiger partial charge in [0.1, 0.15) is 6.07 Å². The van der Waals surface area contributed by atoms with E-state index in [1.807, 2.05) is 26.0 Å². The zero-order chi connectivity index (χ0) is 12.0. The van der Waals surface area contributed by atoms with Crippen molar-refractivity contribution in [2.75, 3.05) is 13.1 Å². The summed E-state index contributed by atoms with van der Waals surface area (Å²) in [5, 5.41) is 12.3. The van der Waals surface area contributed by atoms with Gasteiger partial charge in [0.25, 0.3) is 0 Å². The van der Waals surface area contributed by atoms with Crippen molar-refractivity contribution < 1.29 is 4.79 Å². The van der Waals surface area contributed by atoms with Crippen molar-refractivity contribution in [1.82, 2.24) is 5.32 Å². The van der Waals surface area contributed by atoms with E-state index in [9.17, 15) is 4.79 Å². The third kappa shape index (κ3) is 1.34. The van der Waals surface area contributed by atoms with Gasteiger partial charge in [0.15, 0.2) is 5.78 Å². The molecule has 1 N–H and O–H groups in total. The Balaban J connectivity index is 2.64. The van der Waals surface area contributed by atoms with E-state index < -0.39 is 5.41 Å². The molecule has 3 heteroatoms. The minimum absolute atomic E-state index is 0.0550. The third-order valence-electron chi connectivity index (χ3n) is 3.63. The molecule has 1 aliphatic carbocycles. The number of hydrogen-bond donors (Lipinski definition) is 1. The molecule has 1 heterocycles. The van der Waals surface area contributed by atoms with Gasteiger partial charge in [-0.05, 0) is 19.4 Å². The molecule has 0 spiro atoms. The van der Waals surface area contributed by atoms with E-state index in [0.29, 0.717) is 5.57 Å². The number of nitrogens with one attached hydrogen (secondary N) is 1. The van der Waals surface area contributed by atoms with Gasteiger partial charge < -0.3 is 5.32 Å². The summed E-state index contributed by atoms with van der Waals surface area (Å²) >= 11 is 0. The standard InChI is InChI=1S/C13H16N2O/c1-12(2)10-4-5-15-8-13(10,3)6-9(7-14)11(12)16/h4,6,15H,5,8H2,1-3H3/t13-/m1/s1. The van der Waals surface area contributed by atoms with Crippen LogP contribution >= 0.6 is 0 Å². The Kier molecular flexibility index (Phi) is 2.28. The molecule has 84 valence electrons. The van der Waals surface area contributed by atoms with E-state index in [2.05, 4.69) is 18.3 Å². The zero-order valence-electron chi connectivity index (χ0n) is 9.92. The minimum Gasteiger partial charge on any atom is -0.312 e. The second-order valence-electron chi connectivity index (χ2n) is 5.29. The Bertz CT molecular complexity index is 451. The fourth-order valence-corrected chi connectivity index (χ4v) is 2.86. The maximum Gasteiger partial charge on any atom is 0.182 e. The quantitative estimate of drug-likeness (QED) is 0.625. The van der Waals surface area contributed by atoms with Crippen LogP contribution in [0.25, 0.3) is 0 Å². The Hall–Kier alpha value is -1.40. The van der Waals surface area contributed by atoms with E-state index in [0.717, 1.165) is 18.7 Å². The van der Waals surface area contributed by atoms with Gasteiger partial charge in [-0.3, -0.25) is 4.79 Å². The highest BCUT2D eigenvalue weighted by molar-refractivity contribution is 6.06. The van der Waals surface area contributed by atoms with Crippen LogP contribution in [0.2, 0.25) is 0 Å². The van der Waals surface area contributed by atoms with Gasteiger partial charge in [0.05, 0.1) is 11.0 Å². The van der Waals surface area contributed by atoms with Crippen LogP contribution in [0.5, 0.6) is 0 Å². The lowest BCUT2D eigenvalue weighted by Crippen LogP contribution is -2.47. The predicted molar refractivity (Wildman–Crippen MR) is 61.5 cm³/mol. The maximum atomic E-state index is 12.1. The first-order valence-electron chi connectivity index (χ1n) is 5.51. The first kappa shape index (κ1) is 11.1. The molecule has 1 atom stereocenters. The van der Waals surface area contributed by atoms with Gasteiger partial charge in [-0.15, -0.1) is 0 Å². The van der Waals surface area contributed by atoms with Gasteiger partial charge in [-0.1, -0.05) is 19.1 Å². The minimum atomic E-state index is -0.545. The lowest BCUT2D eigenvalue weighted by atomic mass is 9.60. The number of hydrogen-bond acceptors (Lipinski definition) is 3. The van der Waals surface area contributed by atoms with Gasteiger partial charge >= 0.3 is 0 Å². The number of carbonyl (C=O) groups is 1. The molecule has 0 unspecified atom stereocenters. The second-order valence-corrected chi connectivity index (χ2v) is 5.29. The molecule has 0 fully saturated rings. The first-order valence-corrected chi connectivity index (χ1v) is 5.51. The average molecular weight is 216 g/mol. The molecule has 0 aromatic heterocycles. The fraction of sp³-hybridized carbons (Fsp3) is 0.538. The molecule has 0 radical (unpaired) electrons. The van der Waals surface area contributed by atoms with Gasteiger partial charge in [-0.25, -0.2) is 0 Å². The number of allylic oxidation sites excluding steroid dienone is 1. The molecule has 0 saturated heterocycles. The third-order valence-corrected chi connectivity index (χ3v) is 3.63. The van der Waals surface area contributed by atoms with E-state index in [1.54, 1.807) is 0 Å². The largest absolute Gasteiger partial charge is 0.312 e. The number of carbonyl (C=O) groups excluding carboxylic acids is 1. The summed E-state index contributed by atoms with van der Waals surface area (Å²) in [6.45, 7) is 7.50. The Morgan fingerprint density at radius 1 is 1.44 bits per heavy atom. The Morgan fingerprint density at radius 2 is 2.12 bits per heavy atom. The van der Waals surface area contributed by atoms with Crippen molar-refractivity contribution in [3.8, 4) is 6.07 Å². The van der Waals surface area contributed by atoms with Gasteiger partial charge in [-0.2, -0.15) is 5.26 Å². The van der Waals surface area contributed by atoms with Crippen LogP contribution in [0.3, 0.4) is 0 Å². The molecule has 0 bridgehead atoms. The summed E-state index contributed by atoms with van der Waals surface area (Å²) in [6, 6.07) is 2.02. The maximum absolute atomic E-state index is 12.1. The van der Waals surface area contributed by atoms with Crippen molar-refractivity contribution >= 4 is 5.78 Å². The first-order chi connectivity index (χ1) is 7.42. The number of fused-ring (bicyclic) bond motifs is 1. The van der Waals surface area contributed by atoms with Crippen molar-refractivity contribution in [3.63, 3.8) is 0 Å². The number of rotatable bonds is 0. The molecule has 0 amide bonds. The molecule has 0 saturated carbocycles. The summed E-state index contributed by atoms with van der Waals surface area (Å²) in [4.78, 5) is 12.1. The number of Topliss-reactive ketones (excluding diaryl/α,β-unsaturated/α-hetero) is 1. The number of ketones is 1. The summed E-state index contributed by atoms with van der Waals surface area (Å²) in [5.74, 6) is -0.0550. The van der Waals surface area contributed by atoms with Crippen LogP contribution in [0.1, 0.15) is 20.8 Å². The molecule has 2 rings (SSSR count). The van der Waals surface area contributed by atoms with Crippen LogP contribution in [-0.2, 0) is 4.79 Å². The average Bonchev–Trinajstić information content (AvgIpc) is 2.24. The summed E-state index contributed by atoms with van der Waals surface area (Å²) < 4.78 is 0. The molecular weight excluding hydrogens is 200 g/mol. The smallest absolute Gasteiger partial charge is 0.182 e. The zero-order valence-corrected chi connectivity index (χ0v) is 9.92. The second kappa shape index (κ2) is 3.29. The number of nitriles is 1. The van der Waals surface area contributed by atoms with E-state index in [-0.39, 0.29) is 11.2 Å². The lowest BCUT2D eigenvalue weighted by molar-refractivity contribution is -0.122. The highest BCUT2D eigenvalue weighted by atomic mass is 16.1. The van der Waals surface area contributed by atoms with Gasteiger partial charge in [0.2, 0.25) is 0 Å². The van der Waals surface area contributed by atoms with Crippen LogP contribution in [0.15, 0.2) is 23.3 Å². The molecule has 0 aromatic carbocycles. The predicted octanol–water partition coefficient (Wildman–Crippen LogP) is 1.58. The molecule has 16 heavy (non-hydrogen) atoms. The van der Waals surface area contributed by atoms with E-state index in [1.165, 1.54) is 0 Å². The molecule has 2 aliphatic rings. The van der Waals surface area contributed by atoms with Crippen LogP contribution in [0.4, 0.5) is 0 Å². The summed E-state index contributed by atoms with van der Waals surface area (Å²) in [5.41, 5.74) is 0.702. The van der Waals surface area contributed by atoms with E-state index >= 15 is 0 Å². The molecule has 1 aliphatic heterocycles. The topological polar surface area (TPSA) is 52.9 Å². The van der Waals surface area contributed by atoms with Crippen molar-refractivity contribution in [3.05, 3.63) is 23.3 Å². The van der Waals surface area contributed by atoms with Crippen molar-refractivity contribution in [2.45, 2.75) is 20.8 Å².